The van der Waals surface area contributed by atoms with E-state index >= 15 is 0 Å². The van der Waals surface area contributed by atoms with E-state index in [1.54, 1.807) is 0 Å². The van der Waals surface area contributed by atoms with E-state index in [0.29, 0.717) is 5.92 Å². The van der Waals surface area contributed by atoms with Crippen molar-refractivity contribution in [2.75, 3.05) is 0 Å². The van der Waals surface area contributed by atoms with Gasteiger partial charge >= 0.3 is 0 Å². The first-order chi connectivity index (χ1) is 10.7. The molecule has 1 aromatic rings. The Morgan fingerprint density at radius 1 is 0.955 bits per heavy atom. The molecular weight excluding hydrogens is 264 g/mol. The molecule has 0 spiro atoms. The van der Waals surface area contributed by atoms with Crippen molar-refractivity contribution in [2.24, 2.45) is 5.92 Å². The van der Waals surface area contributed by atoms with Gasteiger partial charge in [0.05, 0.1) is 0 Å². The molecule has 124 valence electrons. The van der Waals surface area contributed by atoms with Gasteiger partial charge in [0, 0.05) is 0 Å². The van der Waals surface area contributed by atoms with Crippen LogP contribution in [0.5, 0.6) is 0 Å². The molecule has 0 N–H and O–H groups in total. The molecule has 2 atom stereocenters. The zero-order chi connectivity index (χ0) is 16.2. The van der Waals surface area contributed by atoms with Crippen LogP contribution in [0.15, 0.2) is 30.8 Å². The van der Waals surface area contributed by atoms with E-state index in [9.17, 15) is 0 Å². The molecular formula is C22H36. The predicted molar refractivity (Wildman–Crippen MR) is 101 cm³/mol. The molecule has 0 bridgehead atoms. The summed E-state index contributed by atoms with van der Waals surface area (Å²) in [4.78, 5) is 0. The Bertz CT molecular complexity index is 387. The highest BCUT2D eigenvalue weighted by atomic mass is 14.2. The SMILES string of the molecule is C=Cc1ccc(C(C)CC(CC)CCCCCCCC)cc1. The minimum absolute atomic E-state index is 0.670. The van der Waals surface area contributed by atoms with Gasteiger partial charge in [0.15, 0.2) is 0 Å². The van der Waals surface area contributed by atoms with Crippen LogP contribution in [0.25, 0.3) is 6.08 Å². The van der Waals surface area contributed by atoms with Gasteiger partial charge in [-0.15, -0.1) is 0 Å². The van der Waals surface area contributed by atoms with E-state index in [1.165, 1.54) is 68.9 Å². The molecule has 1 aromatic carbocycles. The Hall–Kier alpha value is -1.04. The monoisotopic (exact) mass is 300 g/mol. The van der Waals surface area contributed by atoms with Gasteiger partial charge in [-0.3, -0.25) is 0 Å². The molecule has 0 saturated heterocycles. The fourth-order valence-electron chi connectivity index (χ4n) is 3.30. The van der Waals surface area contributed by atoms with E-state index in [0.717, 1.165) is 5.92 Å². The third-order valence-electron chi connectivity index (χ3n) is 4.97. The van der Waals surface area contributed by atoms with Crippen molar-refractivity contribution in [3.05, 3.63) is 42.0 Å². The molecule has 0 heteroatoms. The van der Waals surface area contributed by atoms with Gasteiger partial charge in [0.2, 0.25) is 0 Å². The lowest BCUT2D eigenvalue weighted by Crippen LogP contribution is -2.05. The topological polar surface area (TPSA) is 0 Å². The third kappa shape index (κ3) is 7.29. The molecule has 2 unspecified atom stereocenters. The number of hydrogen-bond acceptors (Lipinski definition) is 0. The van der Waals surface area contributed by atoms with Crippen LogP contribution in [-0.2, 0) is 0 Å². The van der Waals surface area contributed by atoms with Gasteiger partial charge < -0.3 is 0 Å². The number of hydrogen-bond donors (Lipinski definition) is 0. The molecule has 0 saturated carbocycles. The lowest BCUT2D eigenvalue weighted by molar-refractivity contribution is 0.387. The highest BCUT2D eigenvalue weighted by Crippen LogP contribution is 2.28. The average molecular weight is 301 g/mol. The van der Waals surface area contributed by atoms with Gasteiger partial charge in [0.25, 0.3) is 0 Å². The molecule has 0 aliphatic heterocycles. The molecule has 1 rings (SSSR count). The van der Waals surface area contributed by atoms with Crippen LogP contribution in [0.2, 0.25) is 0 Å². The first-order valence-electron chi connectivity index (χ1n) is 9.43. The van der Waals surface area contributed by atoms with Crippen molar-refractivity contribution in [1.29, 1.82) is 0 Å². The molecule has 0 heterocycles. The molecule has 0 aliphatic carbocycles. The normalized spacial score (nSPS) is 13.8. The highest BCUT2D eigenvalue weighted by molar-refractivity contribution is 5.47. The van der Waals surface area contributed by atoms with E-state index < -0.39 is 0 Å². The van der Waals surface area contributed by atoms with Gasteiger partial charge in [0.1, 0.15) is 0 Å². The first-order valence-corrected chi connectivity index (χ1v) is 9.43. The summed E-state index contributed by atoms with van der Waals surface area (Å²) < 4.78 is 0. The second kappa shape index (κ2) is 11.5. The lowest BCUT2D eigenvalue weighted by atomic mass is 9.85. The van der Waals surface area contributed by atoms with E-state index in [1.807, 2.05) is 6.08 Å². The number of rotatable bonds is 12. The quantitative estimate of drug-likeness (QED) is 0.349. The molecule has 0 aromatic heterocycles. The Kier molecular flexibility index (Phi) is 9.95. The van der Waals surface area contributed by atoms with Crippen LogP contribution >= 0.6 is 0 Å². The Morgan fingerprint density at radius 2 is 1.59 bits per heavy atom. The van der Waals surface area contributed by atoms with Gasteiger partial charge in [-0.2, -0.15) is 0 Å². The fourth-order valence-corrected chi connectivity index (χ4v) is 3.30. The molecule has 0 radical (unpaired) electrons. The van der Waals surface area contributed by atoms with Crippen LogP contribution in [-0.4, -0.2) is 0 Å². The summed E-state index contributed by atoms with van der Waals surface area (Å²) in [7, 11) is 0. The van der Waals surface area contributed by atoms with Crippen LogP contribution in [0.1, 0.15) is 95.6 Å². The predicted octanol–water partition coefficient (Wildman–Crippen LogP) is 7.60. The maximum Gasteiger partial charge on any atom is -0.0188 e. The highest BCUT2D eigenvalue weighted by Gasteiger charge is 2.13. The summed E-state index contributed by atoms with van der Waals surface area (Å²) in [6.07, 6.45) is 14.5. The largest absolute Gasteiger partial charge is 0.0985 e. The van der Waals surface area contributed by atoms with Gasteiger partial charge in [-0.05, 0) is 29.4 Å². The van der Waals surface area contributed by atoms with E-state index in [4.69, 9.17) is 0 Å². The summed E-state index contributed by atoms with van der Waals surface area (Å²) in [5.74, 6) is 1.56. The third-order valence-corrected chi connectivity index (χ3v) is 4.97. The lowest BCUT2D eigenvalue weighted by Gasteiger charge is -2.20. The molecule has 0 nitrogen and oxygen atoms in total. The fraction of sp³-hybridized carbons (Fsp3) is 0.636. The Labute approximate surface area is 139 Å². The van der Waals surface area contributed by atoms with Crippen LogP contribution in [0.3, 0.4) is 0 Å². The summed E-state index contributed by atoms with van der Waals surface area (Å²) in [5, 5.41) is 0. The van der Waals surface area contributed by atoms with Crippen molar-refractivity contribution in [2.45, 2.75) is 84.5 Å². The van der Waals surface area contributed by atoms with E-state index in [2.05, 4.69) is 51.6 Å². The summed E-state index contributed by atoms with van der Waals surface area (Å²) >= 11 is 0. The van der Waals surface area contributed by atoms with Crippen molar-refractivity contribution in [3.63, 3.8) is 0 Å². The zero-order valence-electron chi connectivity index (χ0n) is 15.1. The van der Waals surface area contributed by atoms with Crippen LogP contribution < -0.4 is 0 Å². The maximum atomic E-state index is 3.83. The van der Waals surface area contributed by atoms with Crippen molar-refractivity contribution < 1.29 is 0 Å². The van der Waals surface area contributed by atoms with Crippen molar-refractivity contribution in [3.8, 4) is 0 Å². The maximum absolute atomic E-state index is 3.83. The van der Waals surface area contributed by atoms with E-state index in [-0.39, 0.29) is 0 Å². The molecule has 0 aliphatic rings. The summed E-state index contributed by atoms with van der Waals surface area (Å²) in [6, 6.07) is 8.93. The standard InChI is InChI=1S/C22H36/c1-5-8-9-10-11-12-13-21(7-3)18-19(4)22-16-14-20(6-2)15-17-22/h6,14-17,19,21H,2,5,7-13,18H2,1,3-4H3. The van der Waals surface area contributed by atoms with Gasteiger partial charge in [-0.25, -0.2) is 0 Å². The van der Waals surface area contributed by atoms with Gasteiger partial charge in [-0.1, -0.05) is 109 Å². The summed E-state index contributed by atoms with van der Waals surface area (Å²) in [5.41, 5.74) is 2.70. The average Bonchev–Trinajstić information content (AvgIpc) is 2.56. The van der Waals surface area contributed by atoms with Crippen LogP contribution in [0, 0.1) is 5.92 Å². The Morgan fingerprint density at radius 3 is 2.18 bits per heavy atom. The van der Waals surface area contributed by atoms with Crippen LogP contribution in [0.4, 0.5) is 0 Å². The Balaban J connectivity index is 2.32. The summed E-state index contributed by atoms with van der Waals surface area (Å²) in [6.45, 7) is 10.9. The molecule has 0 fully saturated rings. The minimum atomic E-state index is 0.670. The molecule has 22 heavy (non-hydrogen) atoms. The number of benzene rings is 1. The minimum Gasteiger partial charge on any atom is -0.0985 e. The van der Waals surface area contributed by atoms with Crippen molar-refractivity contribution >= 4 is 6.08 Å². The van der Waals surface area contributed by atoms with Crippen molar-refractivity contribution in [1.82, 2.24) is 0 Å². The smallest absolute Gasteiger partial charge is 0.0188 e. The number of unbranched alkanes of at least 4 members (excludes halogenated alkanes) is 5. The molecule has 0 amide bonds. The zero-order valence-corrected chi connectivity index (χ0v) is 15.1. The second-order valence-electron chi connectivity index (χ2n) is 6.84. The second-order valence-corrected chi connectivity index (χ2v) is 6.84. The first kappa shape index (κ1) is 19.0.